The molecule has 2 unspecified atom stereocenters. The summed E-state index contributed by atoms with van der Waals surface area (Å²) in [4.78, 5) is 0. The Morgan fingerprint density at radius 2 is 1.25 bits per heavy atom. The molecule has 2 atom stereocenters. The highest BCUT2D eigenvalue weighted by atomic mass is 79.9. The van der Waals surface area contributed by atoms with E-state index in [1.165, 1.54) is 0 Å². The SMILES string of the molecule is CCOC1=C(Br)C(N)C(N)C(Br)=C1OCC. The molecule has 0 fully saturated rings. The van der Waals surface area contributed by atoms with Crippen LogP contribution in [0.2, 0.25) is 0 Å². The number of ether oxygens (including phenoxy) is 2. The van der Waals surface area contributed by atoms with Crippen molar-refractivity contribution >= 4 is 31.9 Å². The van der Waals surface area contributed by atoms with Crippen LogP contribution >= 0.6 is 31.9 Å². The zero-order chi connectivity index (χ0) is 12.3. The normalized spacial score (nSPS) is 26.1. The van der Waals surface area contributed by atoms with E-state index in [4.69, 9.17) is 20.9 Å². The Morgan fingerprint density at radius 1 is 0.938 bits per heavy atom. The number of nitrogens with two attached hydrogens (primary N) is 2. The van der Waals surface area contributed by atoms with Crippen molar-refractivity contribution in [2.24, 2.45) is 11.5 Å². The van der Waals surface area contributed by atoms with Crippen molar-refractivity contribution in [3.63, 3.8) is 0 Å². The average Bonchev–Trinajstić information content (AvgIpc) is 2.28. The molecule has 0 spiro atoms. The maximum absolute atomic E-state index is 5.96. The van der Waals surface area contributed by atoms with Crippen LogP contribution in [0.25, 0.3) is 0 Å². The first-order valence-corrected chi connectivity index (χ1v) is 6.69. The van der Waals surface area contributed by atoms with Crippen LogP contribution in [0.3, 0.4) is 0 Å². The van der Waals surface area contributed by atoms with Crippen molar-refractivity contribution in [3.05, 3.63) is 20.5 Å². The number of rotatable bonds is 4. The first kappa shape index (κ1) is 14.0. The van der Waals surface area contributed by atoms with Crippen LogP contribution in [0.4, 0.5) is 0 Å². The Balaban J connectivity index is 3.15. The molecule has 0 saturated heterocycles. The highest BCUT2D eigenvalue weighted by molar-refractivity contribution is 9.12. The van der Waals surface area contributed by atoms with Crippen LogP contribution in [0, 0.1) is 0 Å². The van der Waals surface area contributed by atoms with Crippen molar-refractivity contribution in [2.45, 2.75) is 25.9 Å². The molecule has 6 heteroatoms. The highest BCUT2D eigenvalue weighted by Gasteiger charge is 2.33. The molecule has 0 radical (unpaired) electrons. The van der Waals surface area contributed by atoms with Crippen molar-refractivity contribution < 1.29 is 9.47 Å². The molecule has 16 heavy (non-hydrogen) atoms. The van der Waals surface area contributed by atoms with Gasteiger partial charge in [-0.1, -0.05) is 0 Å². The maximum Gasteiger partial charge on any atom is 0.173 e. The van der Waals surface area contributed by atoms with Gasteiger partial charge in [0.1, 0.15) is 0 Å². The van der Waals surface area contributed by atoms with Gasteiger partial charge in [0.05, 0.1) is 34.3 Å². The average molecular weight is 356 g/mol. The second-order valence-corrected chi connectivity index (χ2v) is 4.98. The van der Waals surface area contributed by atoms with Crippen molar-refractivity contribution in [1.29, 1.82) is 0 Å². The van der Waals surface area contributed by atoms with Gasteiger partial charge >= 0.3 is 0 Å². The van der Waals surface area contributed by atoms with Crippen LogP contribution < -0.4 is 11.5 Å². The fraction of sp³-hybridized carbons (Fsp3) is 0.600. The summed E-state index contributed by atoms with van der Waals surface area (Å²) in [6.45, 7) is 4.90. The van der Waals surface area contributed by atoms with Crippen molar-refractivity contribution in [2.75, 3.05) is 13.2 Å². The van der Waals surface area contributed by atoms with Crippen LogP contribution in [0.5, 0.6) is 0 Å². The summed E-state index contributed by atoms with van der Waals surface area (Å²) < 4.78 is 12.6. The monoisotopic (exact) mass is 354 g/mol. The van der Waals surface area contributed by atoms with Crippen molar-refractivity contribution in [3.8, 4) is 0 Å². The predicted molar refractivity (Wildman–Crippen MR) is 71.1 cm³/mol. The van der Waals surface area contributed by atoms with E-state index < -0.39 is 0 Å². The Kier molecular flexibility index (Phi) is 5.30. The van der Waals surface area contributed by atoms with E-state index in [-0.39, 0.29) is 12.1 Å². The molecular formula is C10H16Br2N2O2. The molecule has 0 saturated carbocycles. The molecule has 0 aliphatic heterocycles. The second kappa shape index (κ2) is 6.05. The lowest BCUT2D eigenvalue weighted by Crippen LogP contribution is -2.45. The van der Waals surface area contributed by atoms with E-state index in [1.807, 2.05) is 13.8 Å². The first-order chi connectivity index (χ1) is 7.54. The van der Waals surface area contributed by atoms with E-state index in [0.29, 0.717) is 24.7 Å². The molecule has 1 aliphatic carbocycles. The first-order valence-electron chi connectivity index (χ1n) is 5.11. The molecule has 0 heterocycles. The van der Waals surface area contributed by atoms with Gasteiger partial charge < -0.3 is 20.9 Å². The summed E-state index contributed by atoms with van der Waals surface area (Å²) >= 11 is 6.83. The summed E-state index contributed by atoms with van der Waals surface area (Å²) in [5.41, 5.74) is 11.9. The third-order valence-electron chi connectivity index (χ3n) is 2.19. The number of hydrogen-bond donors (Lipinski definition) is 2. The smallest absolute Gasteiger partial charge is 0.173 e. The van der Waals surface area contributed by atoms with Crippen LogP contribution in [-0.4, -0.2) is 25.3 Å². The minimum atomic E-state index is -0.319. The zero-order valence-electron chi connectivity index (χ0n) is 9.30. The quantitative estimate of drug-likeness (QED) is 0.808. The predicted octanol–water partition coefficient (Wildman–Crippen LogP) is 1.94. The van der Waals surface area contributed by atoms with E-state index in [2.05, 4.69) is 31.9 Å². The summed E-state index contributed by atoms with van der Waals surface area (Å²) in [6.07, 6.45) is 0. The van der Waals surface area contributed by atoms with E-state index >= 15 is 0 Å². The molecule has 0 aromatic heterocycles. The van der Waals surface area contributed by atoms with Crippen LogP contribution in [0.15, 0.2) is 20.5 Å². The van der Waals surface area contributed by atoms with Crippen LogP contribution in [0.1, 0.15) is 13.8 Å². The van der Waals surface area contributed by atoms with E-state index in [0.717, 1.165) is 8.96 Å². The minimum absolute atomic E-state index is 0.319. The molecule has 0 amide bonds. The van der Waals surface area contributed by atoms with Crippen molar-refractivity contribution in [1.82, 2.24) is 0 Å². The third-order valence-corrected chi connectivity index (χ3v) is 3.97. The lowest BCUT2D eigenvalue weighted by molar-refractivity contribution is 0.158. The van der Waals surface area contributed by atoms with Gasteiger partial charge in [0.2, 0.25) is 0 Å². The van der Waals surface area contributed by atoms with Gasteiger partial charge in [0.25, 0.3) is 0 Å². The molecule has 0 aromatic rings. The van der Waals surface area contributed by atoms with Gasteiger partial charge in [0.15, 0.2) is 11.5 Å². The zero-order valence-corrected chi connectivity index (χ0v) is 12.5. The van der Waals surface area contributed by atoms with Gasteiger partial charge in [-0.3, -0.25) is 0 Å². The molecule has 92 valence electrons. The topological polar surface area (TPSA) is 70.5 Å². The lowest BCUT2D eigenvalue weighted by atomic mass is 10.0. The summed E-state index contributed by atoms with van der Waals surface area (Å²) in [5, 5.41) is 0. The summed E-state index contributed by atoms with van der Waals surface area (Å²) in [7, 11) is 0. The largest absolute Gasteiger partial charge is 0.489 e. The fourth-order valence-electron chi connectivity index (χ4n) is 1.39. The maximum atomic E-state index is 5.96. The van der Waals surface area contributed by atoms with Gasteiger partial charge in [-0.25, -0.2) is 0 Å². The summed E-state index contributed by atoms with van der Waals surface area (Å²) in [5.74, 6) is 1.26. The Hall–Kier alpha value is -0.0400. The molecule has 0 aromatic carbocycles. The van der Waals surface area contributed by atoms with Gasteiger partial charge in [-0.15, -0.1) is 0 Å². The Bertz CT molecular complexity index is 297. The standard InChI is InChI=1S/C10H16Br2N2O2/c1-3-15-9-5(11)7(13)8(14)6(12)10(9)16-4-2/h7-8H,3-4,13-14H2,1-2H3. The van der Waals surface area contributed by atoms with E-state index in [9.17, 15) is 0 Å². The Morgan fingerprint density at radius 3 is 1.50 bits per heavy atom. The lowest BCUT2D eigenvalue weighted by Gasteiger charge is -2.29. The molecule has 1 aliphatic rings. The van der Waals surface area contributed by atoms with Gasteiger partial charge in [-0.2, -0.15) is 0 Å². The molecule has 4 N–H and O–H groups in total. The van der Waals surface area contributed by atoms with Crippen LogP contribution in [-0.2, 0) is 9.47 Å². The van der Waals surface area contributed by atoms with Gasteiger partial charge in [0, 0.05) is 0 Å². The minimum Gasteiger partial charge on any atom is -0.489 e. The molecular weight excluding hydrogens is 340 g/mol. The molecule has 0 bridgehead atoms. The van der Waals surface area contributed by atoms with E-state index in [1.54, 1.807) is 0 Å². The highest BCUT2D eigenvalue weighted by Crippen LogP contribution is 2.36. The summed E-state index contributed by atoms with van der Waals surface area (Å²) in [6, 6.07) is -0.639. The third kappa shape index (κ3) is 2.61. The molecule has 1 rings (SSSR count). The fourth-order valence-corrected chi connectivity index (χ4v) is 2.55. The number of halogens is 2. The second-order valence-electron chi connectivity index (χ2n) is 3.27. The number of hydrogen-bond acceptors (Lipinski definition) is 4. The molecule has 4 nitrogen and oxygen atoms in total. The Labute approximate surface area is 112 Å². The van der Waals surface area contributed by atoms with Gasteiger partial charge in [-0.05, 0) is 45.7 Å².